The smallest absolute Gasteiger partial charge is 0.378 e. The van der Waals surface area contributed by atoms with Crippen LogP contribution in [0.1, 0.15) is 22.3 Å². The quantitative estimate of drug-likeness (QED) is 0.593. The molecule has 1 aliphatic heterocycles. The van der Waals surface area contributed by atoms with Gasteiger partial charge < -0.3 is 20.7 Å². The second-order valence-electron chi connectivity index (χ2n) is 7.06. The first-order valence-corrected chi connectivity index (χ1v) is 9.41. The number of morpholine rings is 1. The van der Waals surface area contributed by atoms with Crippen LogP contribution in [0.5, 0.6) is 0 Å². The zero-order chi connectivity index (χ0) is 21.0. The maximum absolute atomic E-state index is 13.6. The van der Waals surface area contributed by atoms with Crippen molar-refractivity contribution in [3.63, 3.8) is 0 Å². The van der Waals surface area contributed by atoms with Gasteiger partial charge in [0.15, 0.2) is 5.96 Å². The first kappa shape index (κ1) is 21.0. The average Bonchev–Trinajstić information content (AvgIpc) is 2.69. The van der Waals surface area contributed by atoms with Gasteiger partial charge in [-0.05, 0) is 54.8 Å². The number of alkyl halides is 3. The molecule has 3 N–H and O–H groups in total. The Morgan fingerprint density at radius 2 is 1.83 bits per heavy atom. The van der Waals surface area contributed by atoms with Crippen molar-refractivity contribution < 1.29 is 17.9 Å². The number of aliphatic imine (C=N–C) groups is 1. The summed E-state index contributed by atoms with van der Waals surface area (Å²) in [4.78, 5) is 6.00. The molecule has 5 nitrogen and oxygen atoms in total. The van der Waals surface area contributed by atoms with Gasteiger partial charge in [-0.25, -0.2) is 4.99 Å². The van der Waals surface area contributed by atoms with Gasteiger partial charge in [0.25, 0.3) is 0 Å². The van der Waals surface area contributed by atoms with E-state index < -0.39 is 11.7 Å². The van der Waals surface area contributed by atoms with Gasteiger partial charge in [-0.1, -0.05) is 12.1 Å². The summed E-state index contributed by atoms with van der Waals surface area (Å²) < 4.78 is 46.1. The largest absolute Gasteiger partial charge is 0.416 e. The number of ether oxygens (including phenoxy) is 1. The van der Waals surface area contributed by atoms with E-state index in [9.17, 15) is 13.2 Å². The molecule has 29 heavy (non-hydrogen) atoms. The Kier molecular flexibility index (Phi) is 6.32. The molecule has 1 saturated heterocycles. The van der Waals surface area contributed by atoms with Crippen LogP contribution >= 0.6 is 0 Å². The van der Waals surface area contributed by atoms with Crippen LogP contribution in [-0.4, -0.2) is 32.3 Å². The zero-order valence-corrected chi connectivity index (χ0v) is 16.5. The highest BCUT2D eigenvalue weighted by Gasteiger charge is 2.34. The van der Waals surface area contributed by atoms with Crippen LogP contribution in [0.3, 0.4) is 0 Å². The molecule has 2 aromatic rings. The summed E-state index contributed by atoms with van der Waals surface area (Å²) in [7, 11) is 0. The van der Waals surface area contributed by atoms with Crippen LogP contribution in [-0.2, 0) is 17.5 Å². The molecule has 0 saturated carbocycles. The molecule has 0 aromatic heterocycles. The van der Waals surface area contributed by atoms with E-state index in [1.807, 2.05) is 36.9 Å². The molecule has 156 valence electrons. The molecule has 0 atom stereocenters. The van der Waals surface area contributed by atoms with Gasteiger partial charge in [0.2, 0.25) is 0 Å². The molecule has 1 aliphatic rings. The van der Waals surface area contributed by atoms with Crippen LogP contribution in [0, 0.1) is 13.8 Å². The monoisotopic (exact) mass is 406 g/mol. The van der Waals surface area contributed by atoms with Gasteiger partial charge in [-0.15, -0.1) is 0 Å². The summed E-state index contributed by atoms with van der Waals surface area (Å²) in [6.07, 6.45) is -4.47. The number of halogens is 3. The normalized spacial score (nSPS) is 15.5. The lowest BCUT2D eigenvalue weighted by Crippen LogP contribution is -2.36. The molecule has 3 rings (SSSR count). The number of nitrogens with zero attached hydrogens (tertiary/aromatic N) is 2. The highest BCUT2D eigenvalue weighted by atomic mass is 19.4. The van der Waals surface area contributed by atoms with Crippen molar-refractivity contribution in [2.24, 2.45) is 10.7 Å². The number of guanidine groups is 1. The number of hydrogen-bond acceptors (Lipinski definition) is 3. The maximum atomic E-state index is 13.6. The summed E-state index contributed by atoms with van der Waals surface area (Å²) >= 11 is 0. The van der Waals surface area contributed by atoms with E-state index in [4.69, 9.17) is 10.5 Å². The van der Waals surface area contributed by atoms with E-state index in [1.165, 1.54) is 12.1 Å². The van der Waals surface area contributed by atoms with Crippen molar-refractivity contribution in [2.75, 3.05) is 36.5 Å². The number of nitrogens with one attached hydrogen (secondary N) is 1. The SMILES string of the molecule is Cc1ccc(NC(N)=NCc2ccc(N3CCOCC3)cc2C(F)(F)F)cc1C. The second-order valence-corrected chi connectivity index (χ2v) is 7.06. The van der Waals surface area contributed by atoms with E-state index in [0.29, 0.717) is 32.0 Å². The molecule has 8 heteroatoms. The predicted molar refractivity (Wildman–Crippen MR) is 109 cm³/mol. The van der Waals surface area contributed by atoms with Gasteiger partial charge in [0.1, 0.15) is 0 Å². The minimum absolute atomic E-state index is 0.0682. The Morgan fingerprint density at radius 1 is 1.10 bits per heavy atom. The Bertz CT molecular complexity index is 890. The number of anilines is 2. The average molecular weight is 406 g/mol. The van der Waals surface area contributed by atoms with Gasteiger partial charge in [0.05, 0.1) is 25.3 Å². The third-order valence-corrected chi connectivity index (χ3v) is 4.97. The van der Waals surface area contributed by atoms with Crippen molar-refractivity contribution in [2.45, 2.75) is 26.6 Å². The molecule has 0 spiro atoms. The van der Waals surface area contributed by atoms with Crippen LogP contribution < -0.4 is 16.0 Å². The van der Waals surface area contributed by atoms with Crippen molar-refractivity contribution in [1.82, 2.24) is 0 Å². The number of benzene rings is 2. The summed E-state index contributed by atoms with van der Waals surface area (Å²) in [5.74, 6) is 0.0682. The maximum Gasteiger partial charge on any atom is 0.416 e. The minimum atomic E-state index is -4.47. The molecule has 0 bridgehead atoms. The lowest BCUT2D eigenvalue weighted by Gasteiger charge is -2.29. The number of nitrogens with two attached hydrogens (primary N) is 1. The van der Waals surface area contributed by atoms with E-state index in [-0.39, 0.29) is 18.1 Å². The summed E-state index contributed by atoms with van der Waals surface area (Å²) in [5, 5.41) is 2.93. The molecule has 1 fully saturated rings. The standard InChI is InChI=1S/C21H25F3N4O/c1-14-3-5-17(11-15(14)2)27-20(25)26-13-16-4-6-18(12-19(16)21(22,23)24)28-7-9-29-10-8-28/h3-6,11-12H,7-10,13H2,1-2H3,(H3,25,26,27). The fourth-order valence-corrected chi connectivity index (χ4v) is 3.16. The molecule has 0 unspecified atom stereocenters. The predicted octanol–water partition coefficient (Wildman–Crippen LogP) is 4.09. The summed E-state index contributed by atoms with van der Waals surface area (Å²) in [6, 6.07) is 10.1. The molecule has 0 radical (unpaired) electrons. The minimum Gasteiger partial charge on any atom is -0.378 e. The molecule has 0 amide bonds. The van der Waals surface area contributed by atoms with Crippen molar-refractivity contribution in [3.8, 4) is 0 Å². The number of aryl methyl sites for hydroxylation is 2. The van der Waals surface area contributed by atoms with Crippen molar-refractivity contribution >= 4 is 17.3 Å². The first-order chi connectivity index (χ1) is 13.7. The Hall–Kier alpha value is -2.74. The molecule has 1 heterocycles. The lowest BCUT2D eigenvalue weighted by molar-refractivity contribution is -0.138. The van der Waals surface area contributed by atoms with E-state index in [0.717, 1.165) is 16.8 Å². The van der Waals surface area contributed by atoms with Crippen LogP contribution in [0.15, 0.2) is 41.4 Å². The van der Waals surface area contributed by atoms with E-state index in [1.54, 1.807) is 6.07 Å². The number of hydrogen-bond donors (Lipinski definition) is 2. The summed E-state index contributed by atoms with van der Waals surface area (Å²) in [5.41, 5.74) is 8.78. The van der Waals surface area contributed by atoms with Gasteiger partial charge in [0, 0.05) is 24.5 Å². The molecule has 0 aliphatic carbocycles. The van der Waals surface area contributed by atoms with Crippen molar-refractivity contribution in [1.29, 1.82) is 0 Å². The van der Waals surface area contributed by atoms with E-state index in [2.05, 4.69) is 10.3 Å². The Labute approximate surface area is 168 Å². The Balaban J connectivity index is 1.78. The fraction of sp³-hybridized carbons (Fsp3) is 0.381. The Morgan fingerprint density at radius 3 is 2.48 bits per heavy atom. The van der Waals surface area contributed by atoms with Gasteiger partial charge >= 0.3 is 6.18 Å². The van der Waals surface area contributed by atoms with Crippen molar-refractivity contribution in [3.05, 3.63) is 58.7 Å². The van der Waals surface area contributed by atoms with Crippen LogP contribution in [0.4, 0.5) is 24.5 Å². The fourth-order valence-electron chi connectivity index (χ4n) is 3.16. The summed E-state index contributed by atoms with van der Waals surface area (Å²) in [6.45, 7) is 5.96. The lowest BCUT2D eigenvalue weighted by atomic mass is 10.1. The highest BCUT2D eigenvalue weighted by Crippen LogP contribution is 2.35. The van der Waals surface area contributed by atoms with Gasteiger partial charge in [-0.2, -0.15) is 13.2 Å². The third-order valence-electron chi connectivity index (χ3n) is 4.97. The molecule has 2 aromatic carbocycles. The van der Waals surface area contributed by atoms with Crippen LogP contribution in [0.2, 0.25) is 0 Å². The third kappa shape index (κ3) is 5.41. The topological polar surface area (TPSA) is 62.9 Å². The number of rotatable bonds is 4. The van der Waals surface area contributed by atoms with E-state index >= 15 is 0 Å². The van der Waals surface area contributed by atoms with Crippen LogP contribution in [0.25, 0.3) is 0 Å². The molecular weight excluding hydrogens is 381 g/mol. The van der Waals surface area contributed by atoms with Gasteiger partial charge in [-0.3, -0.25) is 0 Å². The zero-order valence-electron chi connectivity index (χ0n) is 16.5. The highest BCUT2D eigenvalue weighted by molar-refractivity contribution is 5.92. The second kappa shape index (κ2) is 8.73. The molecular formula is C21H25F3N4O. The first-order valence-electron chi connectivity index (χ1n) is 9.41.